The van der Waals surface area contributed by atoms with Gasteiger partial charge in [-0.3, -0.25) is 0 Å². The Bertz CT molecular complexity index is 1240. The van der Waals surface area contributed by atoms with Crippen LogP contribution in [0.4, 0.5) is 22.0 Å². The zero-order valence-corrected chi connectivity index (χ0v) is 21.0. The van der Waals surface area contributed by atoms with E-state index >= 15 is 0 Å². The van der Waals surface area contributed by atoms with E-state index < -0.39 is 37.2 Å². The monoisotopic (exact) mass is 566 g/mol. The Balaban J connectivity index is 1.62. The second kappa shape index (κ2) is 12.2. The van der Waals surface area contributed by atoms with Gasteiger partial charge in [0.1, 0.15) is 22.4 Å². The van der Waals surface area contributed by atoms with Crippen LogP contribution in [0.3, 0.4) is 0 Å². The Morgan fingerprint density at radius 3 is 2.38 bits per heavy atom. The van der Waals surface area contributed by atoms with E-state index in [2.05, 4.69) is 14.7 Å². The first-order valence-corrected chi connectivity index (χ1v) is 12.7. The maximum Gasteiger partial charge on any atom is 0.694 e. The zero-order valence-electron chi connectivity index (χ0n) is 19.3. The molecule has 1 unspecified atom stereocenters. The van der Waals surface area contributed by atoms with E-state index in [9.17, 15) is 26.5 Å². The molecule has 3 rings (SSSR count). The first kappa shape index (κ1) is 28.8. The lowest BCUT2D eigenvalue weighted by Crippen LogP contribution is -2.37. The van der Waals surface area contributed by atoms with Crippen LogP contribution in [0.5, 0.6) is 11.5 Å². The van der Waals surface area contributed by atoms with Crippen molar-refractivity contribution in [2.24, 2.45) is 5.73 Å². The third-order valence-electron chi connectivity index (χ3n) is 4.89. The van der Waals surface area contributed by atoms with Crippen molar-refractivity contribution in [3.63, 3.8) is 0 Å². The predicted molar refractivity (Wildman–Crippen MR) is 124 cm³/mol. The van der Waals surface area contributed by atoms with Gasteiger partial charge in [0, 0.05) is 10.1 Å². The number of rotatable bonds is 12. The lowest BCUT2D eigenvalue weighted by atomic mass is 10.1. The van der Waals surface area contributed by atoms with Crippen molar-refractivity contribution in [3.8, 4) is 22.1 Å². The topological polar surface area (TPSA) is 117 Å². The van der Waals surface area contributed by atoms with Crippen molar-refractivity contribution in [1.82, 2.24) is 10.2 Å². The van der Waals surface area contributed by atoms with Crippen LogP contribution in [-0.2, 0) is 20.8 Å². The van der Waals surface area contributed by atoms with Gasteiger partial charge in [-0.05, 0) is 50.1 Å². The molecule has 200 valence electrons. The van der Waals surface area contributed by atoms with E-state index in [1.54, 1.807) is 0 Å². The molecule has 0 fully saturated rings. The number of hydrogen-bond donors (Lipinski definition) is 2. The maximum absolute atomic E-state index is 13.7. The van der Waals surface area contributed by atoms with Crippen LogP contribution < -0.4 is 15.2 Å². The van der Waals surface area contributed by atoms with Gasteiger partial charge in [0.25, 0.3) is 0 Å². The molecule has 37 heavy (non-hydrogen) atoms. The highest BCUT2D eigenvalue weighted by Gasteiger charge is 2.36. The van der Waals surface area contributed by atoms with Gasteiger partial charge in [-0.1, -0.05) is 17.4 Å². The Labute approximate surface area is 213 Å². The normalized spacial score (nSPS) is 13.8. The molecule has 15 heteroatoms. The van der Waals surface area contributed by atoms with Gasteiger partial charge < -0.3 is 15.2 Å². The molecular weight excluding hydrogens is 544 g/mol. The van der Waals surface area contributed by atoms with E-state index in [0.29, 0.717) is 12.8 Å². The van der Waals surface area contributed by atoms with Crippen molar-refractivity contribution >= 4 is 19.6 Å². The SMILES string of the molecule is C[C@](N)(CO[P+](=O)O)c1nnc(-c2ccc(OCCCCOc3cccc(F)c3F)c(C(F)(F)F)c2)s1. The standard InChI is InChI=1S/C22H21F5N3O5PS/c1-21(28,12-35-36(31)32)20-30-29-19(37-20)13-7-8-16(14(11-13)22(25,26)27)33-9-2-3-10-34-17-6-4-5-15(23)18(17)24/h4-8,11H,2-3,9-10,12,28H2,1H3/p+1/t21-/m0/s1. The molecule has 0 spiro atoms. The molecule has 0 saturated carbocycles. The summed E-state index contributed by atoms with van der Waals surface area (Å²) in [6.07, 6.45) is -4.10. The summed E-state index contributed by atoms with van der Waals surface area (Å²) in [4.78, 5) is 8.80. The van der Waals surface area contributed by atoms with Gasteiger partial charge in [-0.25, -0.2) is 4.39 Å². The maximum atomic E-state index is 13.7. The highest BCUT2D eigenvalue weighted by Crippen LogP contribution is 2.40. The van der Waals surface area contributed by atoms with Crippen LogP contribution in [0.25, 0.3) is 10.6 Å². The molecule has 0 radical (unpaired) electrons. The third kappa shape index (κ3) is 7.86. The molecule has 3 aromatic rings. The second-order valence-electron chi connectivity index (χ2n) is 8.01. The molecule has 1 aromatic heterocycles. The van der Waals surface area contributed by atoms with Gasteiger partial charge in [0.2, 0.25) is 5.82 Å². The fraction of sp³-hybridized carbons (Fsp3) is 0.364. The summed E-state index contributed by atoms with van der Waals surface area (Å²) in [6, 6.07) is 6.96. The van der Waals surface area contributed by atoms with Gasteiger partial charge in [-0.15, -0.1) is 19.6 Å². The molecule has 8 nitrogen and oxygen atoms in total. The summed E-state index contributed by atoms with van der Waals surface area (Å²) in [5, 5.41) is 8.13. The van der Waals surface area contributed by atoms with Crippen molar-refractivity contribution < 1.29 is 45.4 Å². The summed E-state index contributed by atoms with van der Waals surface area (Å²) in [5.74, 6) is -2.79. The smallest absolute Gasteiger partial charge is 0.493 e. The van der Waals surface area contributed by atoms with Gasteiger partial charge in [0.15, 0.2) is 11.6 Å². The molecule has 1 heterocycles. The quantitative estimate of drug-likeness (QED) is 0.166. The van der Waals surface area contributed by atoms with Crippen molar-refractivity contribution in [1.29, 1.82) is 0 Å². The van der Waals surface area contributed by atoms with Crippen molar-refractivity contribution in [2.45, 2.75) is 31.5 Å². The molecular formula is C22H22F5N3O5PS+. The Morgan fingerprint density at radius 2 is 1.73 bits per heavy atom. The summed E-state index contributed by atoms with van der Waals surface area (Å²) in [5.41, 5.74) is 3.86. The highest BCUT2D eigenvalue weighted by atomic mass is 32.1. The zero-order chi connectivity index (χ0) is 27.2. The van der Waals surface area contributed by atoms with Gasteiger partial charge >= 0.3 is 14.4 Å². The lowest BCUT2D eigenvalue weighted by molar-refractivity contribution is -0.138. The fourth-order valence-corrected chi connectivity index (χ4v) is 4.26. The molecule has 0 amide bonds. The van der Waals surface area contributed by atoms with Crippen LogP contribution in [0.1, 0.15) is 30.3 Å². The first-order chi connectivity index (χ1) is 17.4. The number of unbranched alkanes of at least 4 members (excludes halogenated alkanes) is 1. The van der Waals surface area contributed by atoms with Crippen LogP contribution >= 0.6 is 19.6 Å². The number of aromatic nitrogens is 2. The average Bonchev–Trinajstić information content (AvgIpc) is 3.33. The summed E-state index contributed by atoms with van der Waals surface area (Å²) >= 11 is 0.921. The summed E-state index contributed by atoms with van der Waals surface area (Å²) < 4.78 is 93.8. The molecule has 0 bridgehead atoms. The van der Waals surface area contributed by atoms with E-state index in [0.717, 1.165) is 23.5 Å². The second-order valence-corrected chi connectivity index (χ2v) is 9.72. The molecule has 2 aromatic carbocycles. The fourth-order valence-electron chi connectivity index (χ4n) is 3.00. The lowest BCUT2D eigenvalue weighted by Gasteiger charge is -2.16. The van der Waals surface area contributed by atoms with E-state index in [1.807, 2.05) is 0 Å². The minimum Gasteiger partial charge on any atom is -0.493 e. The highest BCUT2D eigenvalue weighted by molar-refractivity contribution is 7.32. The minimum absolute atomic E-state index is 0.0219. The number of halogens is 5. The molecule has 0 saturated heterocycles. The Hall–Kier alpha value is -2.77. The van der Waals surface area contributed by atoms with Crippen molar-refractivity contribution in [3.05, 3.63) is 58.6 Å². The predicted octanol–water partition coefficient (Wildman–Crippen LogP) is 5.58. The number of hydrogen-bond acceptors (Lipinski definition) is 8. The molecule has 2 atom stereocenters. The minimum atomic E-state index is -4.72. The number of ether oxygens (including phenoxy) is 2. The Morgan fingerprint density at radius 1 is 1.05 bits per heavy atom. The average molecular weight is 566 g/mol. The van der Waals surface area contributed by atoms with Crippen LogP contribution in [0.15, 0.2) is 36.4 Å². The summed E-state index contributed by atoms with van der Waals surface area (Å²) in [7, 11) is -2.88. The third-order valence-corrected chi connectivity index (χ3v) is 6.49. The van der Waals surface area contributed by atoms with E-state index in [4.69, 9.17) is 20.1 Å². The van der Waals surface area contributed by atoms with E-state index in [-0.39, 0.29) is 46.9 Å². The van der Waals surface area contributed by atoms with Gasteiger partial charge in [0.05, 0.1) is 24.3 Å². The molecule has 0 aliphatic heterocycles. The van der Waals surface area contributed by atoms with E-state index in [1.165, 1.54) is 31.2 Å². The molecule has 0 aliphatic rings. The van der Waals surface area contributed by atoms with Crippen molar-refractivity contribution in [2.75, 3.05) is 19.8 Å². The Kier molecular flexibility index (Phi) is 9.48. The number of benzene rings is 2. The van der Waals surface area contributed by atoms with Crippen LogP contribution in [0, 0.1) is 11.6 Å². The molecule has 0 aliphatic carbocycles. The number of alkyl halides is 3. The molecule has 3 N–H and O–H groups in total. The summed E-state index contributed by atoms with van der Waals surface area (Å²) in [6.45, 7) is 1.08. The van der Waals surface area contributed by atoms with Crippen LogP contribution in [0.2, 0.25) is 0 Å². The number of nitrogens with two attached hydrogens (primary N) is 1. The van der Waals surface area contributed by atoms with Gasteiger partial charge in [-0.2, -0.15) is 17.6 Å². The largest absolute Gasteiger partial charge is 0.694 e. The number of nitrogens with zero attached hydrogens (tertiary/aromatic N) is 2. The first-order valence-electron chi connectivity index (χ1n) is 10.7. The van der Waals surface area contributed by atoms with Crippen LogP contribution in [-0.4, -0.2) is 34.9 Å².